The van der Waals surface area contributed by atoms with E-state index in [1.54, 1.807) is 0 Å². The molecule has 0 amide bonds. The minimum Gasteiger partial charge on any atom is -0.549 e. The first kappa shape index (κ1) is 31.1. The van der Waals surface area contributed by atoms with Crippen molar-refractivity contribution < 1.29 is 36.9 Å². The van der Waals surface area contributed by atoms with E-state index in [9.17, 15) is 19.8 Å². The first-order chi connectivity index (χ1) is 12.5. The third-order valence-electron chi connectivity index (χ3n) is 3.95. The molecule has 0 aliphatic carbocycles. The van der Waals surface area contributed by atoms with E-state index in [4.69, 9.17) is 0 Å². The van der Waals surface area contributed by atoms with Crippen LogP contribution in [0.15, 0.2) is 0 Å². The van der Waals surface area contributed by atoms with Gasteiger partial charge in [-0.15, -0.1) is 0 Å². The van der Waals surface area contributed by atoms with E-state index in [0.717, 1.165) is 25.9 Å². The second-order valence-corrected chi connectivity index (χ2v) is 6.63. The summed E-state index contributed by atoms with van der Waals surface area (Å²) >= 11 is 0. The number of carbonyl (C=O) groups excluding carboxylic acids is 2. The molecule has 0 saturated carbocycles. The number of carbonyl (C=O) groups is 2. The van der Waals surface area contributed by atoms with Gasteiger partial charge < -0.3 is 30.4 Å². The summed E-state index contributed by atoms with van der Waals surface area (Å²) in [6, 6.07) is 0. The summed E-state index contributed by atoms with van der Waals surface area (Å²) in [7, 11) is 0. The fourth-order valence-electron chi connectivity index (χ4n) is 2.44. The second kappa shape index (κ2) is 27.6. The molecule has 0 unspecified atom stereocenters. The van der Waals surface area contributed by atoms with E-state index >= 15 is 0 Å². The topological polar surface area (TPSA) is 104 Å². The minimum atomic E-state index is -1.02. The molecule has 165 valence electrons. The van der Waals surface area contributed by atoms with E-state index in [0.29, 0.717) is 0 Å². The normalized spacial score (nSPS) is 9.85. The number of hydrogen-bond donors (Lipinski definition) is 2. The Morgan fingerprint density at radius 3 is 1.19 bits per heavy atom. The standard InChI is InChI=1S/2C10H21NO2.Cu/c2*1-2-3-4-5-6-7-8-11-9-10(12)13;/h2*11H,2-9H2,1H3,(H,12,13);/q;;+2/p-2. The maximum Gasteiger partial charge on any atom is 2.00 e. The van der Waals surface area contributed by atoms with E-state index in [1.807, 2.05) is 0 Å². The van der Waals surface area contributed by atoms with Crippen LogP contribution >= 0.6 is 0 Å². The van der Waals surface area contributed by atoms with Crippen molar-refractivity contribution in [1.29, 1.82) is 0 Å². The van der Waals surface area contributed by atoms with Crippen molar-refractivity contribution in [1.82, 2.24) is 10.6 Å². The predicted molar refractivity (Wildman–Crippen MR) is 103 cm³/mol. The zero-order valence-electron chi connectivity index (χ0n) is 17.2. The number of nitrogens with one attached hydrogen (secondary N) is 2. The Bertz CT molecular complexity index is 288. The average Bonchev–Trinajstić information content (AvgIpc) is 2.60. The molecule has 27 heavy (non-hydrogen) atoms. The molecule has 0 atom stereocenters. The molecule has 0 fully saturated rings. The maximum atomic E-state index is 10.00. The van der Waals surface area contributed by atoms with Crippen molar-refractivity contribution in [3.05, 3.63) is 0 Å². The van der Waals surface area contributed by atoms with Crippen LogP contribution in [0.25, 0.3) is 0 Å². The smallest absolute Gasteiger partial charge is 0.549 e. The molecular weight excluding hydrogens is 396 g/mol. The third-order valence-corrected chi connectivity index (χ3v) is 3.95. The van der Waals surface area contributed by atoms with Gasteiger partial charge in [0.2, 0.25) is 0 Å². The SMILES string of the molecule is CCCCCCCCNCC(=O)[O-].CCCCCCCCNCC(=O)[O-].[Cu+2]. The third kappa shape index (κ3) is 36.9. The van der Waals surface area contributed by atoms with Crippen molar-refractivity contribution in [3.63, 3.8) is 0 Å². The first-order valence-corrected chi connectivity index (χ1v) is 10.4. The van der Waals surface area contributed by atoms with Crippen LogP contribution in [0.3, 0.4) is 0 Å². The maximum absolute atomic E-state index is 10.00. The van der Waals surface area contributed by atoms with Gasteiger partial charge in [0.25, 0.3) is 0 Å². The zero-order chi connectivity index (χ0) is 19.9. The molecule has 0 aromatic heterocycles. The van der Waals surface area contributed by atoms with Crippen molar-refractivity contribution in [2.24, 2.45) is 0 Å². The van der Waals surface area contributed by atoms with Gasteiger partial charge in [0.05, 0.1) is 11.9 Å². The molecule has 0 spiro atoms. The number of unbranched alkanes of at least 4 members (excludes halogenated alkanes) is 10. The van der Waals surface area contributed by atoms with E-state index < -0.39 is 11.9 Å². The minimum absolute atomic E-state index is 0. The molecule has 1 radical (unpaired) electrons. The Hall–Kier alpha value is -0.621. The molecule has 0 aliphatic rings. The van der Waals surface area contributed by atoms with Crippen LogP contribution in [-0.4, -0.2) is 38.1 Å². The van der Waals surface area contributed by atoms with Gasteiger partial charge in [0.15, 0.2) is 0 Å². The largest absolute Gasteiger partial charge is 2.00 e. The van der Waals surface area contributed by atoms with Gasteiger partial charge in [-0.05, 0) is 25.9 Å². The van der Waals surface area contributed by atoms with Gasteiger partial charge in [0, 0.05) is 13.1 Å². The van der Waals surface area contributed by atoms with Gasteiger partial charge in [-0.1, -0.05) is 78.1 Å². The number of carboxylic acid groups (broad SMARTS) is 2. The predicted octanol–water partition coefficient (Wildman–Crippen LogP) is 1.37. The van der Waals surface area contributed by atoms with Gasteiger partial charge >= 0.3 is 17.1 Å². The van der Waals surface area contributed by atoms with E-state index in [1.165, 1.54) is 64.2 Å². The summed E-state index contributed by atoms with van der Waals surface area (Å²) in [5.41, 5.74) is 0. The fraction of sp³-hybridized carbons (Fsp3) is 0.900. The Labute approximate surface area is 176 Å². The Morgan fingerprint density at radius 1 is 0.593 bits per heavy atom. The van der Waals surface area contributed by atoms with Crippen LogP contribution < -0.4 is 20.8 Å². The molecule has 0 saturated heterocycles. The fourth-order valence-corrected chi connectivity index (χ4v) is 2.44. The number of carboxylic acids is 2. The quantitative estimate of drug-likeness (QED) is 0.249. The molecular formula is C20H40CuN2O4. The van der Waals surface area contributed by atoms with Crippen molar-refractivity contribution in [3.8, 4) is 0 Å². The van der Waals surface area contributed by atoms with Gasteiger partial charge in [-0.2, -0.15) is 0 Å². The Morgan fingerprint density at radius 2 is 0.889 bits per heavy atom. The van der Waals surface area contributed by atoms with Crippen LogP contribution in [0.1, 0.15) is 90.9 Å². The molecule has 0 aromatic rings. The molecule has 0 heterocycles. The van der Waals surface area contributed by atoms with Crippen molar-refractivity contribution in [2.45, 2.75) is 90.9 Å². The summed E-state index contributed by atoms with van der Waals surface area (Å²) in [4.78, 5) is 20.0. The van der Waals surface area contributed by atoms with Crippen LogP contribution in [0.2, 0.25) is 0 Å². The average molecular weight is 436 g/mol. The molecule has 0 aromatic carbocycles. The molecule has 2 N–H and O–H groups in total. The van der Waals surface area contributed by atoms with E-state index in [2.05, 4.69) is 24.5 Å². The van der Waals surface area contributed by atoms with Crippen LogP contribution in [0.4, 0.5) is 0 Å². The summed E-state index contributed by atoms with van der Waals surface area (Å²) < 4.78 is 0. The summed E-state index contributed by atoms with van der Waals surface area (Å²) in [6.07, 6.45) is 14.8. The van der Waals surface area contributed by atoms with Gasteiger partial charge in [0.1, 0.15) is 0 Å². The summed E-state index contributed by atoms with van der Waals surface area (Å²) in [5.74, 6) is -2.04. The molecule has 6 nitrogen and oxygen atoms in total. The van der Waals surface area contributed by atoms with Crippen LogP contribution in [-0.2, 0) is 26.7 Å². The Balaban J connectivity index is -0.000000411. The second-order valence-electron chi connectivity index (χ2n) is 6.63. The van der Waals surface area contributed by atoms with Crippen LogP contribution in [0.5, 0.6) is 0 Å². The zero-order valence-corrected chi connectivity index (χ0v) is 18.2. The van der Waals surface area contributed by atoms with E-state index in [-0.39, 0.29) is 30.2 Å². The number of hydrogen-bond acceptors (Lipinski definition) is 6. The monoisotopic (exact) mass is 435 g/mol. The Kier molecular flexibility index (Phi) is 31.8. The molecule has 0 rings (SSSR count). The number of aliphatic carboxylic acids is 2. The molecule has 0 bridgehead atoms. The summed E-state index contributed by atoms with van der Waals surface area (Å²) in [6.45, 7) is 5.94. The van der Waals surface area contributed by atoms with Gasteiger partial charge in [-0.25, -0.2) is 0 Å². The van der Waals surface area contributed by atoms with Crippen molar-refractivity contribution in [2.75, 3.05) is 26.2 Å². The molecule has 7 heteroatoms. The number of rotatable bonds is 18. The van der Waals surface area contributed by atoms with Crippen LogP contribution in [0, 0.1) is 0 Å². The summed E-state index contributed by atoms with van der Waals surface area (Å²) in [5, 5.41) is 25.6. The molecule has 0 aliphatic heterocycles. The first-order valence-electron chi connectivity index (χ1n) is 10.4. The van der Waals surface area contributed by atoms with Crippen molar-refractivity contribution >= 4 is 11.9 Å². The van der Waals surface area contributed by atoms with Gasteiger partial charge in [-0.3, -0.25) is 0 Å².